The van der Waals surface area contributed by atoms with Crippen molar-refractivity contribution < 1.29 is 34.0 Å². The Morgan fingerprint density at radius 1 is 1.25 bits per heavy atom. The topological polar surface area (TPSA) is 146 Å². The highest BCUT2D eigenvalue weighted by Gasteiger charge is 2.73. The molecule has 6 rings (SSSR count). The molecule has 3 fully saturated rings. The van der Waals surface area contributed by atoms with Gasteiger partial charge < -0.3 is 25.5 Å². The smallest absolute Gasteiger partial charge is 0.340 e. The summed E-state index contributed by atoms with van der Waals surface area (Å²) in [6, 6.07) is 4.17. The Morgan fingerprint density at radius 2 is 2.00 bits per heavy atom. The number of nitrogens with zero attached hydrogens (tertiary/aromatic N) is 2. The summed E-state index contributed by atoms with van der Waals surface area (Å²) in [6.45, 7) is 3.87. The molecule has 0 radical (unpaired) electrons. The van der Waals surface area contributed by atoms with E-state index < -0.39 is 45.7 Å². The van der Waals surface area contributed by atoms with Gasteiger partial charge in [-0.3, -0.25) is 0 Å². The van der Waals surface area contributed by atoms with Gasteiger partial charge in [-0.2, -0.15) is 5.10 Å². The van der Waals surface area contributed by atoms with Gasteiger partial charge in [0.2, 0.25) is 0 Å². The zero-order valence-electron chi connectivity index (χ0n) is 22.8. The third-order valence-corrected chi connectivity index (χ3v) is 11.2. The van der Waals surface area contributed by atoms with E-state index in [-0.39, 0.29) is 30.2 Å². The minimum atomic E-state index is -1.91. The minimum Gasteiger partial charge on any atom is -0.479 e. The van der Waals surface area contributed by atoms with Crippen molar-refractivity contribution in [2.75, 3.05) is 7.11 Å². The molecule has 0 spiro atoms. The van der Waals surface area contributed by atoms with Gasteiger partial charge in [0.15, 0.2) is 5.60 Å². The maximum Gasteiger partial charge on any atom is 0.340 e. The van der Waals surface area contributed by atoms with Crippen LogP contribution >= 0.6 is 0 Å². The summed E-state index contributed by atoms with van der Waals surface area (Å²) in [5.41, 5.74) is -1.43. The van der Waals surface area contributed by atoms with Crippen LogP contribution in [0, 0.1) is 39.3 Å². The molecule has 2 aromatic rings. The lowest BCUT2D eigenvalue weighted by Crippen LogP contribution is -2.68. The summed E-state index contributed by atoms with van der Waals surface area (Å²) in [7, 11) is 1.20. The average Bonchev–Trinajstić information content (AvgIpc) is 3.44. The van der Waals surface area contributed by atoms with E-state index in [0.717, 1.165) is 16.8 Å². The first kappa shape index (κ1) is 26.8. The summed E-state index contributed by atoms with van der Waals surface area (Å²) in [5.74, 6) is -3.05. The molecule has 40 heavy (non-hydrogen) atoms. The van der Waals surface area contributed by atoms with E-state index in [1.165, 1.54) is 25.5 Å². The summed E-state index contributed by atoms with van der Waals surface area (Å²) >= 11 is 0. The number of carbonyl (C=O) groups excluding carboxylic acids is 1. The van der Waals surface area contributed by atoms with Crippen LogP contribution in [0.1, 0.15) is 67.6 Å². The van der Waals surface area contributed by atoms with Crippen LogP contribution < -0.4 is 0 Å². The number of methoxy groups -OCH3 is 1. The second-order valence-corrected chi connectivity index (χ2v) is 12.5. The molecule has 0 saturated heterocycles. The highest BCUT2D eigenvalue weighted by atomic mass is 19.1. The number of carbonyl (C=O) groups is 2. The number of fused-ring (bicyclic) bond motifs is 6. The molecule has 4 N–H and O–H groups in total. The largest absolute Gasteiger partial charge is 0.479 e. The highest BCUT2D eigenvalue weighted by molar-refractivity contribution is 5.90. The second-order valence-electron chi connectivity index (χ2n) is 12.5. The van der Waals surface area contributed by atoms with Gasteiger partial charge >= 0.3 is 11.9 Å². The highest BCUT2D eigenvalue weighted by Crippen LogP contribution is 2.71. The van der Waals surface area contributed by atoms with Crippen LogP contribution in [-0.4, -0.2) is 62.1 Å². The molecule has 1 heterocycles. The number of allylic oxidation sites excluding steroid dienone is 1. The standard InChI is InChI=1S/C30H34FN3O6/c1-27-12-16-14-33-34(18-5-7-22(31)19(11-18)25(36)40-3)23(16)10-17(27)4-6-21-20-8-9-30(39,26(37)38)28(20,2)13-24(35)29(21,27)15-32/h5,7,10-11,14-15,20-21,24,32,35,39H,4,6,8-9,12-13H2,1-3H3,(H,37,38)/t20-,21?,24-,27-,28-,29?,30-/m0/s1. The molecule has 212 valence electrons. The molecular formula is C30H34FN3O6. The molecule has 7 atom stereocenters. The van der Waals surface area contributed by atoms with Crippen molar-refractivity contribution in [2.45, 2.75) is 64.1 Å². The first-order valence-electron chi connectivity index (χ1n) is 13.7. The molecular weight excluding hydrogens is 517 g/mol. The fourth-order valence-electron chi connectivity index (χ4n) is 9.03. The van der Waals surface area contributed by atoms with Crippen LogP contribution in [0.5, 0.6) is 0 Å². The molecule has 9 nitrogen and oxygen atoms in total. The SMILES string of the molecule is COC(=O)c1cc(-n2ncc3c2C=C2CCC4[C@@H]5CC[C@](O)(C(=O)O)[C@@]5(C)C[C@H](O)C4(C=N)[C@@]2(C)C3)ccc1F. The number of halogens is 1. The molecule has 1 aromatic carbocycles. The molecule has 0 bridgehead atoms. The number of aliphatic hydroxyl groups is 2. The maximum atomic E-state index is 14.3. The van der Waals surface area contributed by atoms with Gasteiger partial charge in [-0.25, -0.2) is 18.7 Å². The van der Waals surface area contributed by atoms with Crippen LogP contribution in [0.4, 0.5) is 4.39 Å². The van der Waals surface area contributed by atoms with Crippen LogP contribution in [0.3, 0.4) is 0 Å². The summed E-state index contributed by atoms with van der Waals surface area (Å²) in [5, 5.41) is 46.4. The third-order valence-electron chi connectivity index (χ3n) is 11.2. The lowest BCUT2D eigenvalue weighted by atomic mass is 9.38. The van der Waals surface area contributed by atoms with Crippen LogP contribution in [-0.2, 0) is 16.0 Å². The summed E-state index contributed by atoms with van der Waals surface area (Å²) < 4.78 is 20.7. The fraction of sp³-hybridized carbons (Fsp3) is 0.533. The first-order valence-corrected chi connectivity index (χ1v) is 13.7. The molecule has 4 aliphatic rings. The number of esters is 1. The van der Waals surface area contributed by atoms with Crippen molar-refractivity contribution in [1.29, 1.82) is 5.41 Å². The van der Waals surface area contributed by atoms with Crippen molar-refractivity contribution in [3.63, 3.8) is 0 Å². The Bertz CT molecular complexity index is 1490. The number of aliphatic hydroxyl groups excluding tert-OH is 1. The molecule has 0 amide bonds. The summed E-state index contributed by atoms with van der Waals surface area (Å²) in [6.07, 6.45) is 6.71. The number of nitrogens with one attached hydrogen (secondary N) is 1. The Labute approximate surface area is 231 Å². The number of aromatic nitrogens is 2. The van der Waals surface area contributed by atoms with E-state index in [0.29, 0.717) is 31.4 Å². The van der Waals surface area contributed by atoms with Gasteiger partial charge in [0.25, 0.3) is 0 Å². The Kier molecular flexibility index (Phi) is 5.75. The second kappa shape index (κ2) is 8.57. The van der Waals surface area contributed by atoms with E-state index in [1.54, 1.807) is 23.9 Å². The van der Waals surface area contributed by atoms with Crippen LogP contribution in [0.25, 0.3) is 11.8 Å². The number of rotatable bonds is 4. The molecule has 1 aromatic heterocycles. The van der Waals surface area contributed by atoms with E-state index in [9.17, 15) is 29.3 Å². The van der Waals surface area contributed by atoms with Gasteiger partial charge in [-0.1, -0.05) is 19.4 Å². The number of hydrogen-bond acceptors (Lipinski definition) is 7. The van der Waals surface area contributed by atoms with E-state index in [4.69, 9.17) is 10.1 Å². The monoisotopic (exact) mass is 551 g/mol. The summed E-state index contributed by atoms with van der Waals surface area (Å²) in [4.78, 5) is 24.3. The van der Waals surface area contributed by atoms with Crippen LogP contribution in [0.2, 0.25) is 0 Å². The molecule has 10 heteroatoms. The van der Waals surface area contributed by atoms with Gasteiger partial charge in [0, 0.05) is 22.5 Å². The van der Waals surface area contributed by atoms with Crippen molar-refractivity contribution in [3.8, 4) is 5.69 Å². The van der Waals surface area contributed by atoms with Gasteiger partial charge in [-0.15, -0.1) is 0 Å². The maximum absolute atomic E-state index is 14.3. The fourth-order valence-corrected chi connectivity index (χ4v) is 9.03. The minimum absolute atomic E-state index is 0.0905. The normalized spacial score (nSPS) is 37.9. The van der Waals surface area contributed by atoms with E-state index >= 15 is 0 Å². The van der Waals surface area contributed by atoms with Crippen molar-refractivity contribution in [2.24, 2.45) is 28.1 Å². The zero-order chi connectivity index (χ0) is 28.8. The Morgan fingerprint density at radius 3 is 2.67 bits per heavy atom. The van der Waals surface area contributed by atoms with E-state index in [1.807, 2.05) is 6.08 Å². The van der Waals surface area contributed by atoms with Crippen molar-refractivity contribution in [3.05, 3.63) is 52.6 Å². The average molecular weight is 552 g/mol. The van der Waals surface area contributed by atoms with Crippen LogP contribution in [0.15, 0.2) is 30.0 Å². The number of aliphatic carboxylic acids is 1. The predicted octanol–water partition coefficient (Wildman–Crippen LogP) is 3.79. The number of hydrogen-bond donors (Lipinski definition) is 4. The Hall–Kier alpha value is -3.37. The molecule has 0 aliphatic heterocycles. The predicted molar refractivity (Wildman–Crippen MR) is 143 cm³/mol. The zero-order valence-corrected chi connectivity index (χ0v) is 22.8. The Balaban J connectivity index is 1.43. The van der Waals surface area contributed by atoms with Crippen molar-refractivity contribution in [1.82, 2.24) is 9.78 Å². The van der Waals surface area contributed by atoms with Gasteiger partial charge in [0.05, 0.1) is 36.4 Å². The number of ether oxygens (including phenoxy) is 1. The molecule has 3 saturated carbocycles. The third kappa shape index (κ3) is 3.09. The quantitative estimate of drug-likeness (QED) is 0.334. The van der Waals surface area contributed by atoms with Gasteiger partial charge in [-0.05, 0) is 80.2 Å². The van der Waals surface area contributed by atoms with Crippen molar-refractivity contribution >= 4 is 24.2 Å². The number of carboxylic acid groups (broad SMARTS) is 1. The number of carboxylic acids is 1. The first-order chi connectivity index (χ1) is 18.9. The van der Waals surface area contributed by atoms with E-state index in [2.05, 4.69) is 12.0 Å². The molecule has 4 aliphatic carbocycles. The lowest BCUT2D eigenvalue weighted by molar-refractivity contribution is -0.204. The molecule has 2 unspecified atom stereocenters. The number of benzene rings is 1. The van der Waals surface area contributed by atoms with Gasteiger partial charge in [0.1, 0.15) is 5.82 Å². The lowest BCUT2D eigenvalue weighted by Gasteiger charge is -2.65.